The van der Waals surface area contributed by atoms with Crippen LogP contribution in [0.4, 0.5) is 4.39 Å². The molecule has 4 nitrogen and oxygen atoms in total. The topological polar surface area (TPSA) is 53.5 Å². The van der Waals surface area contributed by atoms with Gasteiger partial charge in [0.15, 0.2) is 5.96 Å². The average Bonchev–Trinajstić information content (AvgIpc) is 2.61. The lowest BCUT2D eigenvalue weighted by Crippen LogP contribution is -2.40. The molecule has 0 radical (unpaired) electrons. The van der Waals surface area contributed by atoms with Crippen LogP contribution in [0.15, 0.2) is 64.5 Å². The molecule has 0 fully saturated rings. The Morgan fingerprint density at radius 2 is 1.80 bits per heavy atom. The van der Waals surface area contributed by atoms with Gasteiger partial charge in [0.05, 0.1) is 10.8 Å². The van der Waals surface area contributed by atoms with E-state index in [9.17, 15) is 8.60 Å². The van der Waals surface area contributed by atoms with E-state index in [1.54, 1.807) is 13.1 Å². The fourth-order valence-electron chi connectivity index (χ4n) is 2.19. The van der Waals surface area contributed by atoms with E-state index in [4.69, 9.17) is 0 Å². The highest BCUT2D eigenvalue weighted by atomic mass is 127. The molecule has 0 spiro atoms. The first-order chi connectivity index (χ1) is 11.7. The van der Waals surface area contributed by atoms with Gasteiger partial charge in [0.25, 0.3) is 0 Å². The van der Waals surface area contributed by atoms with Crippen LogP contribution in [0.1, 0.15) is 5.56 Å². The third-order valence-corrected chi connectivity index (χ3v) is 4.78. The van der Waals surface area contributed by atoms with Gasteiger partial charge >= 0.3 is 0 Å². The summed E-state index contributed by atoms with van der Waals surface area (Å²) in [5.41, 5.74) is 0.933. The highest BCUT2D eigenvalue weighted by molar-refractivity contribution is 14.0. The monoisotopic (exact) mass is 475 g/mol. The SMILES string of the molecule is CN=C(NCCc1cccc(F)c1)NCCS(=O)c1ccccc1.I. The highest BCUT2D eigenvalue weighted by Crippen LogP contribution is 2.05. The van der Waals surface area contributed by atoms with E-state index >= 15 is 0 Å². The maximum atomic E-state index is 13.1. The molecule has 0 saturated heterocycles. The van der Waals surface area contributed by atoms with Gasteiger partial charge in [0.1, 0.15) is 5.82 Å². The van der Waals surface area contributed by atoms with E-state index in [2.05, 4.69) is 15.6 Å². The van der Waals surface area contributed by atoms with Gasteiger partial charge in [-0.25, -0.2) is 4.39 Å². The van der Waals surface area contributed by atoms with Crippen molar-refractivity contribution in [2.45, 2.75) is 11.3 Å². The van der Waals surface area contributed by atoms with Crippen LogP contribution in [-0.4, -0.2) is 36.1 Å². The molecule has 0 aromatic heterocycles. The number of halogens is 2. The summed E-state index contributed by atoms with van der Waals surface area (Å²) in [7, 11) is 0.659. The van der Waals surface area contributed by atoms with Crippen LogP contribution in [0.2, 0.25) is 0 Å². The third-order valence-electron chi connectivity index (χ3n) is 3.40. The molecule has 7 heteroatoms. The minimum absolute atomic E-state index is 0. The lowest BCUT2D eigenvalue weighted by molar-refractivity contribution is 0.625. The first-order valence-corrected chi connectivity index (χ1v) is 9.13. The normalized spacial score (nSPS) is 12.2. The maximum absolute atomic E-state index is 13.1. The summed E-state index contributed by atoms with van der Waals surface area (Å²) in [6.07, 6.45) is 0.703. The Kier molecular flexibility index (Phi) is 10.3. The maximum Gasteiger partial charge on any atom is 0.191 e. The number of benzene rings is 2. The van der Waals surface area contributed by atoms with E-state index in [1.165, 1.54) is 12.1 Å². The molecule has 136 valence electrons. The zero-order valence-electron chi connectivity index (χ0n) is 14.1. The van der Waals surface area contributed by atoms with Crippen molar-refractivity contribution in [1.29, 1.82) is 0 Å². The molecule has 0 bridgehead atoms. The number of nitrogens with zero attached hydrogens (tertiary/aromatic N) is 1. The standard InChI is InChI=1S/C18H22FN3OS.HI/c1-20-18(21-11-10-15-6-5-7-16(19)14-15)22-12-13-24(23)17-8-3-2-4-9-17;/h2-9,14H,10-13H2,1H3,(H2,20,21,22);1H. The van der Waals surface area contributed by atoms with E-state index in [-0.39, 0.29) is 29.8 Å². The van der Waals surface area contributed by atoms with Crippen molar-refractivity contribution in [2.75, 3.05) is 25.9 Å². The van der Waals surface area contributed by atoms with Crippen molar-refractivity contribution in [3.8, 4) is 0 Å². The fraction of sp³-hybridized carbons (Fsp3) is 0.278. The highest BCUT2D eigenvalue weighted by Gasteiger charge is 2.04. The third kappa shape index (κ3) is 7.96. The molecular weight excluding hydrogens is 452 g/mol. The summed E-state index contributed by atoms with van der Waals surface area (Å²) >= 11 is 0. The number of aliphatic imine (C=N–C) groups is 1. The number of hydrogen-bond donors (Lipinski definition) is 2. The van der Waals surface area contributed by atoms with Gasteiger partial charge in [0.2, 0.25) is 0 Å². The minimum atomic E-state index is -1.03. The van der Waals surface area contributed by atoms with Crippen LogP contribution in [0.25, 0.3) is 0 Å². The van der Waals surface area contributed by atoms with Gasteiger partial charge in [-0.15, -0.1) is 24.0 Å². The second-order valence-corrected chi connectivity index (χ2v) is 6.74. The van der Waals surface area contributed by atoms with Crippen molar-refractivity contribution in [2.24, 2.45) is 4.99 Å². The predicted octanol–water partition coefficient (Wildman–Crippen LogP) is 2.96. The quantitative estimate of drug-likeness (QED) is 0.368. The summed E-state index contributed by atoms with van der Waals surface area (Å²) in [6, 6.07) is 16.0. The van der Waals surface area contributed by atoms with Crippen molar-refractivity contribution in [3.63, 3.8) is 0 Å². The zero-order chi connectivity index (χ0) is 17.2. The number of hydrogen-bond acceptors (Lipinski definition) is 2. The van der Waals surface area contributed by atoms with Crippen LogP contribution in [-0.2, 0) is 17.2 Å². The molecule has 1 atom stereocenters. The Balaban J connectivity index is 0.00000312. The van der Waals surface area contributed by atoms with E-state index < -0.39 is 10.8 Å². The smallest absolute Gasteiger partial charge is 0.191 e. The first kappa shape index (κ1) is 21.6. The number of nitrogens with one attached hydrogen (secondary N) is 2. The zero-order valence-corrected chi connectivity index (χ0v) is 17.2. The predicted molar refractivity (Wildman–Crippen MR) is 113 cm³/mol. The fourth-order valence-corrected chi connectivity index (χ4v) is 3.17. The molecule has 0 aliphatic rings. The molecule has 0 amide bonds. The molecule has 0 saturated carbocycles. The Morgan fingerprint density at radius 1 is 1.08 bits per heavy atom. The van der Waals surface area contributed by atoms with Gasteiger partial charge < -0.3 is 10.6 Å². The average molecular weight is 475 g/mol. The van der Waals surface area contributed by atoms with E-state index in [1.807, 2.05) is 36.4 Å². The minimum Gasteiger partial charge on any atom is -0.356 e. The largest absolute Gasteiger partial charge is 0.356 e. The molecule has 0 aliphatic carbocycles. The number of guanidine groups is 1. The second kappa shape index (κ2) is 12.0. The Bertz CT molecular complexity index is 698. The molecule has 1 unspecified atom stereocenters. The van der Waals surface area contributed by atoms with Crippen molar-refractivity contribution >= 4 is 40.7 Å². The lowest BCUT2D eigenvalue weighted by Gasteiger charge is -2.12. The lowest BCUT2D eigenvalue weighted by atomic mass is 10.1. The van der Waals surface area contributed by atoms with Crippen molar-refractivity contribution in [1.82, 2.24) is 10.6 Å². The molecular formula is C18H23FIN3OS. The van der Waals surface area contributed by atoms with Gasteiger partial charge in [0, 0.05) is 30.8 Å². The summed E-state index contributed by atoms with van der Waals surface area (Å²) in [5, 5.41) is 6.31. The molecule has 25 heavy (non-hydrogen) atoms. The molecule has 0 aliphatic heterocycles. The molecule has 2 aromatic rings. The molecule has 2 N–H and O–H groups in total. The Labute approximate surface area is 167 Å². The van der Waals surface area contributed by atoms with Gasteiger partial charge in [-0.3, -0.25) is 9.20 Å². The number of rotatable bonds is 7. The van der Waals surface area contributed by atoms with Crippen LogP contribution in [0.5, 0.6) is 0 Å². The van der Waals surface area contributed by atoms with Crippen molar-refractivity contribution < 1.29 is 8.60 Å². The second-order valence-electron chi connectivity index (χ2n) is 5.17. The van der Waals surface area contributed by atoms with Crippen LogP contribution in [0, 0.1) is 5.82 Å². The Hall–Kier alpha value is -1.48. The van der Waals surface area contributed by atoms with E-state index in [0.29, 0.717) is 31.2 Å². The van der Waals surface area contributed by atoms with Gasteiger partial charge in [-0.1, -0.05) is 30.3 Å². The van der Waals surface area contributed by atoms with E-state index in [0.717, 1.165) is 10.5 Å². The molecule has 0 heterocycles. The van der Waals surface area contributed by atoms with Crippen LogP contribution in [0.3, 0.4) is 0 Å². The Morgan fingerprint density at radius 3 is 2.48 bits per heavy atom. The molecule has 2 aromatic carbocycles. The van der Waals surface area contributed by atoms with Crippen molar-refractivity contribution in [3.05, 3.63) is 66.0 Å². The first-order valence-electron chi connectivity index (χ1n) is 7.81. The summed E-state index contributed by atoms with van der Waals surface area (Å²) in [4.78, 5) is 4.95. The van der Waals surface area contributed by atoms with Crippen LogP contribution >= 0.6 is 24.0 Å². The summed E-state index contributed by atoms with van der Waals surface area (Å²) in [6.45, 7) is 1.20. The van der Waals surface area contributed by atoms with Crippen LogP contribution < -0.4 is 10.6 Å². The van der Waals surface area contributed by atoms with Gasteiger partial charge in [-0.05, 0) is 36.2 Å². The summed E-state index contributed by atoms with van der Waals surface area (Å²) < 4.78 is 25.2. The molecule has 2 rings (SSSR count). The summed E-state index contributed by atoms with van der Waals surface area (Å²) in [5.74, 6) is 0.934. The van der Waals surface area contributed by atoms with Gasteiger partial charge in [-0.2, -0.15) is 0 Å².